The van der Waals surface area contributed by atoms with Gasteiger partial charge in [0.25, 0.3) is 5.91 Å². The quantitative estimate of drug-likeness (QED) is 0.668. The first-order valence-corrected chi connectivity index (χ1v) is 9.66. The van der Waals surface area contributed by atoms with E-state index in [2.05, 4.69) is 30.2 Å². The lowest BCUT2D eigenvalue weighted by atomic mass is 10.1. The molecule has 0 saturated carbocycles. The molecule has 0 saturated heterocycles. The summed E-state index contributed by atoms with van der Waals surface area (Å²) in [5, 5.41) is 16.5. The van der Waals surface area contributed by atoms with Crippen molar-refractivity contribution in [1.82, 2.24) is 34.8 Å². The van der Waals surface area contributed by atoms with Crippen LogP contribution in [0.25, 0.3) is 10.6 Å². The Kier molecular flexibility index (Phi) is 4.79. The zero-order valence-corrected chi connectivity index (χ0v) is 15.5. The van der Waals surface area contributed by atoms with E-state index in [1.807, 2.05) is 13.2 Å². The number of carbonyl (C=O) groups excluding carboxylic acids is 1. The topological polar surface area (TPSA) is 90.5 Å². The molecular formula is C17H21N7OS. The maximum Gasteiger partial charge on any atom is 0.263 e. The number of hydrogen-bond acceptors (Lipinski definition) is 6. The molecule has 0 bridgehead atoms. The van der Waals surface area contributed by atoms with Crippen LogP contribution in [0.3, 0.4) is 0 Å². The monoisotopic (exact) mass is 371 g/mol. The van der Waals surface area contributed by atoms with Crippen LogP contribution in [0.15, 0.2) is 18.6 Å². The summed E-state index contributed by atoms with van der Waals surface area (Å²) in [6.45, 7) is 1.63. The number of thiazole rings is 1. The molecule has 1 N–H and O–H groups in total. The highest BCUT2D eigenvalue weighted by Gasteiger charge is 2.16. The Morgan fingerprint density at radius 1 is 1.31 bits per heavy atom. The van der Waals surface area contributed by atoms with E-state index in [4.69, 9.17) is 0 Å². The van der Waals surface area contributed by atoms with E-state index < -0.39 is 0 Å². The van der Waals surface area contributed by atoms with Gasteiger partial charge in [0.15, 0.2) is 0 Å². The summed E-state index contributed by atoms with van der Waals surface area (Å²) >= 11 is 1.38. The van der Waals surface area contributed by atoms with Crippen molar-refractivity contribution in [2.24, 2.45) is 7.05 Å². The molecule has 0 aliphatic carbocycles. The number of aryl methyl sites for hydroxylation is 3. The van der Waals surface area contributed by atoms with E-state index in [1.54, 1.807) is 17.1 Å². The van der Waals surface area contributed by atoms with Crippen LogP contribution < -0.4 is 5.32 Å². The third-order valence-corrected chi connectivity index (χ3v) is 5.53. The Balaban J connectivity index is 1.28. The van der Waals surface area contributed by atoms with Crippen LogP contribution >= 0.6 is 11.3 Å². The number of aromatic nitrogens is 6. The van der Waals surface area contributed by atoms with E-state index >= 15 is 0 Å². The average Bonchev–Trinajstić information content (AvgIpc) is 3.38. The molecule has 8 nitrogen and oxygen atoms in total. The van der Waals surface area contributed by atoms with Gasteiger partial charge < -0.3 is 9.88 Å². The SMILES string of the molecule is Cn1cc(-c2ncc(C(=O)NCCCc3nnc4n3CCCC4)s2)cn1. The second kappa shape index (κ2) is 7.36. The molecule has 136 valence electrons. The zero-order valence-electron chi connectivity index (χ0n) is 14.7. The third kappa shape index (κ3) is 3.52. The number of rotatable bonds is 6. The van der Waals surface area contributed by atoms with Gasteiger partial charge >= 0.3 is 0 Å². The van der Waals surface area contributed by atoms with Crippen LogP contribution in [0.1, 0.15) is 40.6 Å². The maximum absolute atomic E-state index is 12.3. The second-order valence-electron chi connectivity index (χ2n) is 6.43. The summed E-state index contributed by atoms with van der Waals surface area (Å²) in [4.78, 5) is 17.2. The third-order valence-electron chi connectivity index (χ3n) is 4.48. The molecule has 0 atom stereocenters. The Labute approximate surface area is 155 Å². The molecule has 3 aromatic heterocycles. The maximum atomic E-state index is 12.3. The Morgan fingerprint density at radius 3 is 3.08 bits per heavy atom. The molecule has 4 rings (SSSR count). The van der Waals surface area contributed by atoms with Gasteiger partial charge in [0.1, 0.15) is 21.5 Å². The normalized spacial score (nSPS) is 13.6. The highest BCUT2D eigenvalue weighted by molar-refractivity contribution is 7.16. The van der Waals surface area contributed by atoms with Crippen LogP contribution in [0.4, 0.5) is 0 Å². The lowest BCUT2D eigenvalue weighted by Gasteiger charge is -2.14. The van der Waals surface area contributed by atoms with Crippen molar-refractivity contribution in [1.29, 1.82) is 0 Å². The smallest absolute Gasteiger partial charge is 0.263 e. The number of nitrogens with zero attached hydrogens (tertiary/aromatic N) is 6. The molecule has 1 aliphatic heterocycles. The molecule has 1 aliphatic rings. The van der Waals surface area contributed by atoms with Crippen molar-refractivity contribution in [3.8, 4) is 10.6 Å². The van der Waals surface area contributed by atoms with Gasteiger partial charge in [0, 0.05) is 44.7 Å². The largest absolute Gasteiger partial charge is 0.351 e. The van der Waals surface area contributed by atoms with Gasteiger partial charge in [0.2, 0.25) is 0 Å². The number of amides is 1. The van der Waals surface area contributed by atoms with Crippen LogP contribution in [-0.2, 0) is 26.4 Å². The number of carbonyl (C=O) groups is 1. The lowest BCUT2D eigenvalue weighted by molar-refractivity contribution is 0.0957. The molecular weight excluding hydrogens is 350 g/mol. The summed E-state index contributed by atoms with van der Waals surface area (Å²) < 4.78 is 3.95. The summed E-state index contributed by atoms with van der Waals surface area (Å²) in [5.74, 6) is 2.05. The van der Waals surface area contributed by atoms with E-state index in [9.17, 15) is 4.79 Å². The second-order valence-corrected chi connectivity index (χ2v) is 7.46. The van der Waals surface area contributed by atoms with Gasteiger partial charge in [-0.25, -0.2) is 4.98 Å². The van der Waals surface area contributed by atoms with Crippen molar-refractivity contribution in [2.45, 2.75) is 38.6 Å². The summed E-state index contributed by atoms with van der Waals surface area (Å²) in [7, 11) is 1.86. The predicted molar refractivity (Wildman–Crippen MR) is 97.9 cm³/mol. The molecule has 0 fully saturated rings. The van der Waals surface area contributed by atoms with Crippen LogP contribution in [-0.4, -0.2) is 42.0 Å². The van der Waals surface area contributed by atoms with Gasteiger partial charge in [-0.2, -0.15) is 5.10 Å². The molecule has 1 amide bonds. The van der Waals surface area contributed by atoms with Gasteiger partial charge in [-0.05, 0) is 19.3 Å². The molecule has 0 unspecified atom stereocenters. The molecule has 0 spiro atoms. The van der Waals surface area contributed by atoms with Crippen LogP contribution in [0.5, 0.6) is 0 Å². The molecule has 3 aromatic rings. The van der Waals surface area contributed by atoms with Crippen molar-refractivity contribution in [2.75, 3.05) is 6.54 Å². The zero-order chi connectivity index (χ0) is 17.9. The van der Waals surface area contributed by atoms with Gasteiger partial charge in [-0.1, -0.05) is 0 Å². The molecule has 4 heterocycles. The van der Waals surface area contributed by atoms with Gasteiger partial charge in [-0.3, -0.25) is 9.48 Å². The van der Waals surface area contributed by atoms with Gasteiger partial charge in [-0.15, -0.1) is 21.5 Å². The van der Waals surface area contributed by atoms with Crippen molar-refractivity contribution in [3.63, 3.8) is 0 Å². The lowest BCUT2D eigenvalue weighted by Crippen LogP contribution is -2.24. The fourth-order valence-corrected chi connectivity index (χ4v) is 3.94. The first kappa shape index (κ1) is 16.9. The summed E-state index contributed by atoms with van der Waals surface area (Å²) in [5.41, 5.74) is 0.924. The molecule has 0 radical (unpaired) electrons. The first-order valence-electron chi connectivity index (χ1n) is 8.85. The minimum absolute atomic E-state index is 0.0825. The van der Waals surface area contributed by atoms with Crippen molar-refractivity contribution < 1.29 is 4.79 Å². The van der Waals surface area contributed by atoms with Crippen molar-refractivity contribution >= 4 is 17.2 Å². The summed E-state index contributed by atoms with van der Waals surface area (Å²) in [6.07, 6.45) is 10.4. The first-order chi connectivity index (χ1) is 12.7. The van der Waals surface area contributed by atoms with E-state index in [1.165, 1.54) is 24.2 Å². The number of nitrogens with one attached hydrogen (secondary N) is 1. The number of hydrogen-bond donors (Lipinski definition) is 1. The van der Waals surface area contributed by atoms with Crippen LogP contribution in [0, 0.1) is 0 Å². The molecule has 26 heavy (non-hydrogen) atoms. The highest BCUT2D eigenvalue weighted by atomic mass is 32.1. The highest BCUT2D eigenvalue weighted by Crippen LogP contribution is 2.24. The fourth-order valence-electron chi connectivity index (χ4n) is 3.13. The van der Waals surface area contributed by atoms with E-state index in [-0.39, 0.29) is 5.91 Å². The Hall–Kier alpha value is -2.55. The average molecular weight is 371 g/mol. The van der Waals surface area contributed by atoms with E-state index in [0.29, 0.717) is 11.4 Å². The minimum atomic E-state index is -0.0825. The van der Waals surface area contributed by atoms with Crippen molar-refractivity contribution in [3.05, 3.63) is 35.1 Å². The molecule has 9 heteroatoms. The Morgan fingerprint density at radius 2 is 2.23 bits per heavy atom. The Bertz CT molecular complexity index is 910. The summed E-state index contributed by atoms with van der Waals surface area (Å²) in [6, 6.07) is 0. The fraction of sp³-hybridized carbons (Fsp3) is 0.471. The number of fused-ring (bicyclic) bond motifs is 1. The minimum Gasteiger partial charge on any atom is -0.351 e. The predicted octanol–water partition coefficient (Wildman–Crippen LogP) is 1.83. The van der Waals surface area contributed by atoms with Crippen LogP contribution in [0.2, 0.25) is 0 Å². The molecule has 0 aromatic carbocycles. The standard InChI is InChI=1S/C17H21N7OS/c1-23-11-12(9-20-23)17-19-10-13(26-17)16(25)18-7-4-6-15-22-21-14-5-2-3-8-24(14)15/h9-11H,2-8H2,1H3,(H,18,25). The van der Waals surface area contributed by atoms with Gasteiger partial charge in [0.05, 0.1) is 12.4 Å². The van der Waals surface area contributed by atoms with E-state index in [0.717, 1.165) is 48.0 Å².